The molecular formula is C22H28NO3+. The van der Waals surface area contributed by atoms with Gasteiger partial charge in [-0.15, -0.1) is 0 Å². The number of nitrogens with one attached hydrogen (secondary N) is 1. The molecule has 0 aliphatic heterocycles. The number of Topliss-reactive ketones (excluding diaryl/α,β-unsaturated/α-hetero) is 2. The van der Waals surface area contributed by atoms with Crippen molar-refractivity contribution in [2.24, 2.45) is 0 Å². The van der Waals surface area contributed by atoms with Gasteiger partial charge in [-0.25, -0.2) is 0 Å². The van der Waals surface area contributed by atoms with Gasteiger partial charge in [-0.2, -0.15) is 0 Å². The van der Waals surface area contributed by atoms with Gasteiger partial charge in [0, 0.05) is 23.1 Å². The van der Waals surface area contributed by atoms with E-state index in [1.807, 2.05) is 52.2 Å². The summed E-state index contributed by atoms with van der Waals surface area (Å²) in [6.07, 6.45) is 0.512. The SMILES string of the molecule is COc1ccc(C(C)=O)cc1C[C@@H](C(=O)c1ccc(C)c(C)c1)[NH+](C)C. The molecule has 0 bridgehead atoms. The highest BCUT2D eigenvalue weighted by Crippen LogP contribution is 2.22. The van der Waals surface area contributed by atoms with Crippen molar-refractivity contribution in [3.63, 3.8) is 0 Å². The Bertz CT molecular complexity index is 824. The molecule has 4 nitrogen and oxygen atoms in total. The summed E-state index contributed by atoms with van der Waals surface area (Å²) in [7, 11) is 5.56. The molecule has 0 saturated carbocycles. The number of carbonyl (C=O) groups excluding carboxylic acids is 2. The Kier molecular flexibility index (Phi) is 6.32. The predicted molar refractivity (Wildman–Crippen MR) is 104 cm³/mol. The van der Waals surface area contributed by atoms with Gasteiger partial charge in [0.2, 0.25) is 5.78 Å². The predicted octanol–water partition coefficient (Wildman–Crippen LogP) is 2.45. The first kappa shape index (κ1) is 19.9. The Hall–Kier alpha value is -2.46. The molecule has 1 N–H and O–H groups in total. The molecule has 0 radical (unpaired) electrons. The second-order valence-electron chi connectivity index (χ2n) is 7.08. The Morgan fingerprint density at radius 2 is 1.65 bits per heavy atom. The molecule has 1 atom stereocenters. The first-order valence-corrected chi connectivity index (χ1v) is 8.84. The van der Waals surface area contributed by atoms with E-state index in [0.29, 0.717) is 17.7 Å². The number of methoxy groups -OCH3 is 1. The number of quaternary nitrogens is 1. The largest absolute Gasteiger partial charge is 0.496 e. The zero-order valence-corrected chi connectivity index (χ0v) is 16.5. The molecule has 0 heterocycles. The van der Waals surface area contributed by atoms with Crippen molar-refractivity contribution in [2.45, 2.75) is 33.2 Å². The molecule has 4 heteroatoms. The summed E-state index contributed by atoms with van der Waals surface area (Å²) < 4.78 is 5.45. The highest BCUT2D eigenvalue weighted by atomic mass is 16.5. The van der Waals surface area contributed by atoms with Crippen molar-refractivity contribution in [2.75, 3.05) is 21.2 Å². The number of benzene rings is 2. The number of carbonyl (C=O) groups is 2. The monoisotopic (exact) mass is 354 g/mol. The molecule has 138 valence electrons. The maximum atomic E-state index is 13.1. The van der Waals surface area contributed by atoms with Crippen LogP contribution in [0.1, 0.15) is 44.3 Å². The van der Waals surface area contributed by atoms with E-state index in [2.05, 4.69) is 0 Å². The van der Waals surface area contributed by atoms with E-state index >= 15 is 0 Å². The molecule has 2 aromatic carbocycles. The van der Waals surface area contributed by atoms with E-state index in [0.717, 1.165) is 21.6 Å². The zero-order valence-electron chi connectivity index (χ0n) is 16.5. The first-order chi connectivity index (χ1) is 12.2. The van der Waals surface area contributed by atoms with E-state index in [1.54, 1.807) is 26.2 Å². The molecule has 0 unspecified atom stereocenters. The summed E-state index contributed by atoms with van der Waals surface area (Å²) in [5.41, 5.74) is 4.52. The van der Waals surface area contributed by atoms with Gasteiger partial charge in [0.1, 0.15) is 5.75 Å². The number of likely N-dealkylation sites (N-methyl/N-ethyl adjacent to an activating group) is 1. The van der Waals surface area contributed by atoms with Crippen molar-refractivity contribution in [1.82, 2.24) is 0 Å². The van der Waals surface area contributed by atoms with Crippen molar-refractivity contribution >= 4 is 11.6 Å². The molecule has 0 fully saturated rings. The smallest absolute Gasteiger partial charge is 0.220 e. The van der Waals surface area contributed by atoms with E-state index in [-0.39, 0.29) is 17.6 Å². The van der Waals surface area contributed by atoms with Crippen molar-refractivity contribution in [1.29, 1.82) is 0 Å². The molecular weight excluding hydrogens is 326 g/mol. The first-order valence-electron chi connectivity index (χ1n) is 8.84. The fourth-order valence-corrected chi connectivity index (χ4v) is 3.03. The summed E-state index contributed by atoms with van der Waals surface area (Å²) in [6.45, 7) is 5.60. The number of ether oxygens (including phenoxy) is 1. The fraction of sp³-hybridized carbons (Fsp3) is 0.364. The van der Waals surface area contributed by atoms with Gasteiger partial charge in [0.15, 0.2) is 11.8 Å². The van der Waals surface area contributed by atoms with Crippen molar-refractivity contribution in [3.05, 3.63) is 64.2 Å². The molecule has 2 rings (SSSR count). The normalized spacial score (nSPS) is 12.1. The maximum absolute atomic E-state index is 13.1. The second-order valence-corrected chi connectivity index (χ2v) is 7.08. The van der Waals surface area contributed by atoms with Gasteiger partial charge in [-0.1, -0.05) is 12.1 Å². The maximum Gasteiger partial charge on any atom is 0.220 e. The number of ketones is 2. The second kappa shape index (κ2) is 8.28. The van der Waals surface area contributed by atoms with Crippen molar-refractivity contribution < 1.29 is 19.2 Å². The molecule has 0 amide bonds. The van der Waals surface area contributed by atoms with Gasteiger partial charge in [0.05, 0.1) is 21.2 Å². The average Bonchev–Trinajstić information content (AvgIpc) is 2.60. The van der Waals surface area contributed by atoms with E-state index in [4.69, 9.17) is 4.74 Å². The fourth-order valence-electron chi connectivity index (χ4n) is 3.03. The summed E-state index contributed by atoms with van der Waals surface area (Å²) in [5.74, 6) is 0.806. The van der Waals surface area contributed by atoms with Crippen LogP contribution in [0.5, 0.6) is 5.75 Å². The zero-order chi connectivity index (χ0) is 19.4. The van der Waals surface area contributed by atoms with Crippen LogP contribution < -0.4 is 9.64 Å². The van der Waals surface area contributed by atoms with Crippen LogP contribution in [-0.4, -0.2) is 38.8 Å². The Morgan fingerprint density at radius 1 is 1.00 bits per heavy atom. The van der Waals surface area contributed by atoms with Crippen LogP contribution >= 0.6 is 0 Å². The van der Waals surface area contributed by atoms with Crippen LogP contribution in [0.4, 0.5) is 0 Å². The number of rotatable bonds is 7. The van der Waals surface area contributed by atoms with Gasteiger partial charge in [-0.05, 0) is 56.2 Å². The third-order valence-corrected chi connectivity index (χ3v) is 4.92. The van der Waals surface area contributed by atoms with E-state index < -0.39 is 0 Å². The third kappa shape index (κ3) is 4.38. The van der Waals surface area contributed by atoms with E-state index in [9.17, 15) is 9.59 Å². The highest BCUT2D eigenvalue weighted by Gasteiger charge is 2.28. The molecule has 0 saturated heterocycles. The third-order valence-electron chi connectivity index (χ3n) is 4.92. The van der Waals surface area contributed by atoms with Crippen LogP contribution in [0.15, 0.2) is 36.4 Å². The van der Waals surface area contributed by atoms with Crippen LogP contribution in [0, 0.1) is 13.8 Å². The Morgan fingerprint density at radius 3 is 2.19 bits per heavy atom. The van der Waals surface area contributed by atoms with Gasteiger partial charge < -0.3 is 9.64 Å². The lowest BCUT2D eigenvalue weighted by Gasteiger charge is -2.22. The molecule has 0 aliphatic rings. The van der Waals surface area contributed by atoms with Crippen molar-refractivity contribution in [3.8, 4) is 5.75 Å². The van der Waals surface area contributed by atoms with Gasteiger partial charge in [0.25, 0.3) is 0 Å². The highest BCUT2D eigenvalue weighted by molar-refractivity contribution is 5.99. The van der Waals surface area contributed by atoms with Gasteiger partial charge in [-0.3, -0.25) is 9.59 Å². The molecule has 0 aliphatic carbocycles. The molecule has 2 aromatic rings. The summed E-state index contributed by atoms with van der Waals surface area (Å²) >= 11 is 0. The quantitative estimate of drug-likeness (QED) is 0.777. The average molecular weight is 354 g/mol. The van der Waals surface area contributed by atoms with Crippen LogP contribution in [0.3, 0.4) is 0 Å². The molecule has 0 aromatic heterocycles. The molecule has 26 heavy (non-hydrogen) atoms. The number of hydrogen-bond donors (Lipinski definition) is 1. The standard InChI is InChI=1S/C22H27NO3/c1-14-7-8-18(11-15(14)2)22(25)20(23(4)5)13-19-12-17(16(3)24)9-10-21(19)26-6/h7-12,20H,13H2,1-6H3/p+1/t20-/m0/s1. The summed E-state index contributed by atoms with van der Waals surface area (Å²) in [4.78, 5) is 25.9. The number of hydrogen-bond acceptors (Lipinski definition) is 3. The summed E-state index contributed by atoms with van der Waals surface area (Å²) in [6, 6.07) is 11.0. The minimum absolute atomic E-state index is 0.00291. The minimum atomic E-state index is -0.256. The number of aryl methyl sites for hydroxylation is 2. The lowest BCUT2D eigenvalue weighted by Crippen LogP contribution is -3.11. The van der Waals surface area contributed by atoms with E-state index in [1.165, 1.54) is 5.56 Å². The Balaban J connectivity index is 2.39. The Labute approximate surface area is 155 Å². The molecule has 0 spiro atoms. The minimum Gasteiger partial charge on any atom is -0.496 e. The van der Waals surface area contributed by atoms with Crippen LogP contribution in [0.25, 0.3) is 0 Å². The lowest BCUT2D eigenvalue weighted by atomic mass is 9.93. The van der Waals surface area contributed by atoms with Crippen LogP contribution in [0.2, 0.25) is 0 Å². The summed E-state index contributed by atoms with van der Waals surface area (Å²) in [5, 5.41) is 0. The lowest BCUT2D eigenvalue weighted by molar-refractivity contribution is -0.874. The van der Waals surface area contributed by atoms with Gasteiger partial charge >= 0.3 is 0 Å². The topological polar surface area (TPSA) is 47.8 Å². The van der Waals surface area contributed by atoms with Crippen LogP contribution in [-0.2, 0) is 6.42 Å².